The highest BCUT2D eigenvalue weighted by molar-refractivity contribution is 7.99. The second-order valence-electron chi connectivity index (χ2n) is 5.49. The second kappa shape index (κ2) is 8.73. The minimum absolute atomic E-state index is 0.0311. The maximum atomic E-state index is 12.3. The Balaban J connectivity index is 1.60. The molecule has 1 heterocycles. The van der Waals surface area contributed by atoms with Crippen molar-refractivity contribution in [2.24, 2.45) is 0 Å². The lowest BCUT2D eigenvalue weighted by molar-refractivity contribution is -0.116. The summed E-state index contributed by atoms with van der Waals surface area (Å²) in [5, 5.41) is 22.8. The molecule has 1 amide bonds. The summed E-state index contributed by atoms with van der Waals surface area (Å²) in [6, 6.07) is 19.2. The minimum atomic E-state index is -0.260. The number of thioether (sulfide) groups is 1. The van der Waals surface area contributed by atoms with Gasteiger partial charge >= 0.3 is 0 Å². The van der Waals surface area contributed by atoms with Crippen LogP contribution in [0.3, 0.4) is 0 Å². The average molecular weight is 379 g/mol. The Kier molecular flexibility index (Phi) is 5.91. The van der Waals surface area contributed by atoms with Gasteiger partial charge in [0.2, 0.25) is 11.9 Å². The van der Waals surface area contributed by atoms with Crippen LogP contribution in [0.1, 0.15) is 0 Å². The van der Waals surface area contributed by atoms with Crippen LogP contribution in [0.4, 0.5) is 23.0 Å². The Morgan fingerprint density at radius 3 is 2.44 bits per heavy atom. The SMILES string of the molecule is N#CCSc1nnc(N)n1CC(=O)Nc1ccc(Nc2ccccc2)cc1. The largest absolute Gasteiger partial charge is 0.368 e. The standard InChI is InChI=1S/C18H17N7OS/c19-10-11-27-18-24-23-17(20)25(18)12-16(26)22-15-8-6-14(7-9-15)21-13-4-2-1-3-5-13/h1-9,21H,11-12H2,(H2,20,23)(H,22,26). The Hall–Kier alpha value is -3.51. The van der Waals surface area contributed by atoms with Gasteiger partial charge in [0.1, 0.15) is 6.54 Å². The molecule has 0 aliphatic rings. The molecule has 0 unspecified atom stereocenters. The number of nitrogens with two attached hydrogens (primary N) is 1. The van der Waals surface area contributed by atoms with E-state index in [1.54, 1.807) is 0 Å². The number of nitrogens with zero attached hydrogens (tertiary/aromatic N) is 4. The molecular weight excluding hydrogens is 362 g/mol. The van der Waals surface area contributed by atoms with Crippen molar-refractivity contribution in [1.29, 1.82) is 5.26 Å². The zero-order chi connectivity index (χ0) is 19.1. The van der Waals surface area contributed by atoms with Crippen molar-refractivity contribution < 1.29 is 4.79 Å². The summed E-state index contributed by atoms with van der Waals surface area (Å²) in [6.07, 6.45) is 0. The number of carbonyl (C=O) groups is 1. The highest BCUT2D eigenvalue weighted by Gasteiger charge is 2.13. The van der Waals surface area contributed by atoms with Gasteiger partial charge in [-0.15, -0.1) is 10.2 Å². The zero-order valence-corrected chi connectivity index (χ0v) is 15.1. The zero-order valence-electron chi connectivity index (χ0n) is 14.3. The van der Waals surface area contributed by atoms with Crippen LogP contribution in [0.2, 0.25) is 0 Å². The Bertz CT molecular complexity index is 948. The highest BCUT2D eigenvalue weighted by atomic mass is 32.2. The third-order valence-corrected chi connectivity index (χ3v) is 4.38. The summed E-state index contributed by atoms with van der Waals surface area (Å²) in [6.45, 7) is -0.0311. The predicted molar refractivity (Wildman–Crippen MR) is 106 cm³/mol. The van der Waals surface area contributed by atoms with Crippen LogP contribution >= 0.6 is 11.8 Å². The van der Waals surface area contributed by atoms with Crippen molar-refractivity contribution in [2.45, 2.75) is 11.7 Å². The first-order chi connectivity index (χ1) is 13.2. The lowest BCUT2D eigenvalue weighted by atomic mass is 10.2. The number of nitrogens with one attached hydrogen (secondary N) is 2. The number of hydrogen-bond acceptors (Lipinski definition) is 7. The van der Waals surface area contributed by atoms with Crippen LogP contribution in [-0.2, 0) is 11.3 Å². The number of benzene rings is 2. The molecule has 8 nitrogen and oxygen atoms in total. The van der Waals surface area contributed by atoms with E-state index in [1.807, 2.05) is 60.7 Å². The van der Waals surface area contributed by atoms with Gasteiger partial charge in [-0.1, -0.05) is 30.0 Å². The minimum Gasteiger partial charge on any atom is -0.368 e. The summed E-state index contributed by atoms with van der Waals surface area (Å²) in [5.41, 5.74) is 8.32. The quantitative estimate of drug-likeness (QED) is 0.540. The molecule has 0 bridgehead atoms. The fourth-order valence-electron chi connectivity index (χ4n) is 2.32. The van der Waals surface area contributed by atoms with E-state index in [9.17, 15) is 4.79 Å². The van der Waals surface area contributed by atoms with E-state index in [0.717, 1.165) is 11.4 Å². The van der Waals surface area contributed by atoms with Crippen molar-refractivity contribution >= 4 is 40.7 Å². The van der Waals surface area contributed by atoms with Crippen LogP contribution in [0, 0.1) is 11.3 Å². The average Bonchev–Trinajstić information content (AvgIpc) is 3.02. The first-order valence-corrected chi connectivity index (χ1v) is 9.04. The van der Waals surface area contributed by atoms with Gasteiger partial charge in [0.05, 0.1) is 11.8 Å². The predicted octanol–water partition coefficient (Wildman–Crippen LogP) is 2.86. The number of aromatic nitrogens is 3. The molecule has 0 aliphatic carbocycles. The summed E-state index contributed by atoms with van der Waals surface area (Å²) >= 11 is 1.18. The number of nitrogen functional groups attached to an aromatic ring is 1. The summed E-state index contributed by atoms with van der Waals surface area (Å²) in [4.78, 5) is 12.3. The first kappa shape index (κ1) is 18.3. The molecule has 0 spiro atoms. The third-order valence-electron chi connectivity index (χ3n) is 3.54. The molecule has 136 valence electrons. The van der Waals surface area contributed by atoms with Crippen LogP contribution in [-0.4, -0.2) is 26.4 Å². The molecular formula is C18H17N7OS. The molecule has 3 aromatic rings. The fraction of sp³-hybridized carbons (Fsp3) is 0.111. The van der Waals surface area contributed by atoms with Gasteiger partial charge in [-0.2, -0.15) is 5.26 Å². The van der Waals surface area contributed by atoms with E-state index in [0.29, 0.717) is 10.8 Å². The monoisotopic (exact) mass is 379 g/mol. The molecule has 4 N–H and O–H groups in total. The maximum Gasteiger partial charge on any atom is 0.244 e. The molecule has 0 fully saturated rings. The van der Waals surface area contributed by atoms with Gasteiger partial charge in [0.15, 0.2) is 5.16 Å². The lowest BCUT2D eigenvalue weighted by Gasteiger charge is -2.10. The maximum absolute atomic E-state index is 12.3. The Labute approximate surface area is 160 Å². The van der Waals surface area contributed by atoms with Crippen LogP contribution in [0.5, 0.6) is 0 Å². The molecule has 1 aromatic heterocycles. The van der Waals surface area contributed by atoms with Crippen molar-refractivity contribution in [1.82, 2.24) is 14.8 Å². The molecule has 0 radical (unpaired) electrons. The van der Waals surface area contributed by atoms with Crippen LogP contribution in [0.15, 0.2) is 59.8 Å². The molecule has 0 atom stereocenters. The number of hydrogen-bond donors (Lipinski definition) is 3. The summed E-state index contributed by atoms with van der Waals surface area (Å²) in [5.74, 6) is 0.0763. The smallest absolute Gasteiger partial charge is 0.244 e. The normalized spacial score (nSPS) is 10.2. The molecule has 27 heavy (non-hydrogen) atoms. The van der Waals surface area contributed by atoms with Crippen molar-refractivity contribution in [3.05, 3.63) is 54.6 Å². The van der Waals surface area contributed by atoms with Gasteiger partial charge in [-0.25, -0.2) is 0 Å². The number of carbonyl (C=O) groups excluding carboxylic acids is 1. The van der Waals surface area contributed by atoms with Crippen LogP contribution < -0.4 is 16.4 Å². The Morgan fingerprint density at radius 2 is 1.74 bits per heavy atom. The number of anilines is 4. The van der Waals surface area contributed by atoms with Crippen molar-refractivity contribution in [3.63, 3.8) is 0 Å². The van der Waals surface area contributed by atoms with Gasteiger partial charge in [0.25, 0.3) is 0 Å². The van der Waals surface area contributed by atoms with E-state index < -0.39 is 0 Å². The number of para-hydroxylation sites is 1. The van der Waals surface area contributed by atoms with Crippen molar-refractivity contribution in [2.75, 3.05) is 22.1 Å². The summed E-state index contributed by atoms with van der Waals surface area (Å²) in [7, 11) is 0. The lowest BCUT2D eigenvalue weighted by Crippen LogP contribution is -2.20. The van der Waals surface area contributed by atoms with Crippen molar-refractivity contribution in [3.8, 4) is 6.07 Å². The number of nitriles is 1. The van der Waals surface area contributed by atoms with Crippen LogP contribution in [0.25, 0.3) is 0 Å². The first-order valence-electron chi connectivity index (χ1n) is 8.06. The second-order valence-corrected chi connectivity index (χ2v) is 6.43. The topological polar surface area (TPSA) is 122 Å². The van der Waals surface area contributed by atoms with E-state index in [-0.39, 0.29) is 24.2 Å². The molecule has 2 aromatic carbocycles. The fourth-order valence-corrected chi connectivity index (χ4v) is 2.93. The number of amides is 1. The van der Waals surface area contributed by atoms with Gasteiger partial charge < -0.3 is 16.4 Å². The number of rotatable bonds is 7. The van der Waals surface area contributed by atoms with E-state index >= 15 is 0 Å². The van der Waals surface area contributed by atoms with Gasteiger partial charge in [-0.3, -0.25) is 9.36 Å². The summed E-state index contributed by atoms with van der Waals surface area (Å²) < 4.78 is 1.47. The van der Waals surface area contributed by atoms with Gasteiger partial charge in [-0.05, 0) is 36.4 Å². The molecule has 3 rings (SSSR count). The highest BCUT2D eigenvalue weighted by Crippen LogP contribution is 2.20. The molecule has 9 heteroatoms. The van der Waals surface area contributed by atoms with E-state index in [4.69, 9.17) is 11.0 Å². The van der Waals surface area contributed by atoms with E-state index in [1.165, 1.54) is 16.3 Å². The van der Waals surface area contributed by atoms with E-state index in [2.05, 4.69) is 20.8 Å². The Morgan fingerprint density at radius 1 is 1.07 bits per heavy atom. The molecule has 0 aliphatic heterocycles. The van der Waals surface area contributed by atoms with Gasteiger partial charge in [0, 0.05) is 17.1 Å². The third kappa shape index (κ3) is 4.99. The molecule has 0 saturated carbocycles. The molecule has 0 saturated heterocycles.